The maximum absolute atomic E-state index is 11.0. The van der Waals surface area contributed by atoms with Gasteiger partial charge < -0.3 is 5.11 Å². The number of nitroso groups, excluding NO2 is 1. The van der Waals surface area contributed by atoms with Gasteiger partial charge in [0, 0.05) is 24.6 Å². The minimum Gasteiger partial charge on any atom is -0.493 e. The molecule has 0 atom stereocenters. The summed E-state index contributed by atoms with van der Waals surface area (Å²) in [7, 11) is 0. The third-order valence-electron chi connectivity index (χ3n) is 5.42. The van der Waals surface area contributed by atoms with E-state index in [1.807, 2.05) is 60.7 Å². The van der Waals surface area contributed by atoms with E-state index in [2.05, 4.69) is 5.18 Å². The molecule has 0 aliphatic heterocycles. The van der Waals surface area contributed by atoms with Crippen LogP contribution >= 0.6 is 0 Å². The molecule has 0 amide bonds. The van der Waals surface area contributed by atoms with Crippen molar-refractivity contribution in [2.45, 2.75) is 12.8 Å². The highest BCUT2D eigenvalue weighted by Gasteiger charge is 2.18. The first-order chi connectivity index (χ1) is 15.7. The molecule has 0 aliphatic rings. The van der Waals surface area contributed by atoms with Gasteiger partial charge in [0.05, 0.1) is 11.4 Å². The van der Waals surface area contributed by atoms with Crippen molar-refractivity contribution in [3.63, 3.8) is 0 Å². The molecule has 0 saturated heterocycles. The second kappa shape index (κ2) is 8.43. The molecule has 156 valence electrons. The Kier molecular flexibility index (Phi) is 5.17. The van der Waals surface area contributed by atoms with E-state index in [1.54, 1.807) is 34.9 Å². The van der Waals surface area contributed by atoms with Crippen LogP contribution in [-0.2, 0) is 12.8 Å². The lowest BCUT2D eigenvalue weighted by atomic mass is 10.1. The van der Waals surface area contributed by atoms with Gasteiger partial charge in [-0.3, -0.25) is 4.40 Å². The van der Waals surface area contributed by atoms with Crippen molar-refractivity contribution in [1.82, 2.24) is 14.4 Å². The molecule has 0 saturated carbocycles. The van der Waals surface area contributed by atoms with Gasteiger partial charge in [-0.1, -0.05) is 72.8 Å². The number of hydrogen-bond acceptors (Lipinski definition) is 5. The van der Waals surface area contributed by atoms with Gasteiger partial charge in [0.25, 0.3) is 0 Å². The van der Waals surface area contributed by atoms with Crippen LogP contribution in [0.1, 0.15) is 22.5 Å². The van der Waals surface area contributed by atoms with Crippen molar-refractivity contribution in [3.8, 4) is 17.1 Å². The Morgan fingerprint density at radius 3 is 1.94 bits per heavy atom. The van der Waals surface area contributed by atoms with E-state index in [-0.39, 0.29) is 5.88 Å². The van der Waals surface area contributed by atoms with Gasteiger partial charge in [0.1, 0.15) is 11.4 Å². The summed E-state index contributed by atoms with van der Waals surface area (Å²) in [6.07, 6.45) is 2.88. The molecule has 3 aromatic carbocycles. The third-order valence-corrected chi connectivity index (χ3v) is 5.42. The van der Waals surface area contributed by atoms with Crippen molar-refractivity contribution in [1.29, 1.82) is 0 Å². The van der Waals surface area contributed by atoms with Gasteiger partial charge in [-0.15, -0.1) is 4.91 Å². The van der Waals surface area contributed by atoms with Crippen molar-refractivity contribution in [2.75, 3.05) is 0 Å². The minimum absolute atomic E-state index is 0.105. The lowest BCUT2D eigenvalue weighted by molar-refractivity contribution is 0.442. The fraction of sp³-hybridized carbons (Fsp3) is 0.0769. The Morgan fingerprint density at radius 2 is 1.34 bits per heavy atom. The molecule has 0 spiro atoms. The second-order valence-electron chi connectivity index (χ2n) is 7.61. The van der Waals surface area contributed by atoms with E-state index in [1.165, 1.54) is 0 Å². The molecule has 0 fully saturated rings. The van der Waals surface area contributed by atoms with Crippen LogP contribution < -0.4 is 0 Å². The summed E-state index contributed by atoms with van der Waals surface area (Å²) < 4.78 is 1.70. The Hall–Kier alpha value is -4.32. The number of hydrogen-bond donors (Lipinski definition) is 1. The highest BCUT2D eigenvalue weighted by molar-refractivity contribution is 5.65. The minimum atomic E-state index is 0.105. The van der Waals surface area contributed by atoms with E-state index in [9.17, 15) is 10.0 Å². The number of rotatable bonds is 6. The summed E-state index contributed by atoms with van der Waals surface area (Å²) in [5.41, 5.74) is 6.03. The van der Waals surface area contributed by atoms with E-state index in [0.717, 1.165) is 22.4 Å². The molecular formula is C26H20N4O2. The predicted molar refractivity (Wildman–Crippen MR) is 124 cm³/mol. The average Bonchev–Trinajstić information content (AvgIpc) is 3.16. The molecule has 5 aromatic rings. The smallest absolute Gasteiger partial charge is 0.219 e. The van der Waals surface area contributed by atoms with Crippen LogP contribution in [0, 0.1) is 4.91 Å². The first-order valence-electron chi connectivity index (χ1n) is 10.3. The van der Waals surface area contributed by atoms with Crippen molar-refractivity contribution >= 4 is 11.3 Å². The summed E-state index contributed by atoms with van der Waals surface area (Å²) in [6, 6.07) is 26.9. The predicted octanol–water partition coefficient (Wildman–Crippen LogP) is 5.68. The van der Waals surface area contributed by atoms with Crippen LogP contribution in [0.25, 0.3) is 16.9 Å². The molecule has 32 heavy (non-hydrogen) atoms. The van der Waals surface area contributed by atoms with Gasteiger partial charge in [0.15, 0.2) is 5.65 Å². The van der Waals surface area contributed by atoms with Crippen molar-refractivity contribution in [3.05, 3.63) is 119 Å². The van der Waals surface area contributed by atoms with Gasteiger partial charge in [0.2, 0.25) is 5.88 Å². The van der Waals surface area contributed by atoms with E-state index in [0.29, 0.717) is 35.6 Å². The summed E-state index contributed by atoms with van der Waals surface area (Å²) in [5.74, 6) is 0.105. The van der Waals surface area contributed by atoms with Crippen LogP contribution in [0.2, 0.25) is 0 Å². The zero-order valence-corrected chi connectivity index (χ0v) is 17.2. The zero-order valence-electron chi connectivity index (χ0n) is 17.2. The van der Waals surface area contributed by atoms with Gasteiger partial charge in [-0.25, -0.2) is 9.97 Å². The highest BCUT2D eigenvalue weighted by Crippen LogP contribution is 2.29. The van der Waals surface area contributed by atoms with E-state index >= 15 is 0 Å². The standard InChI is InChI=1S/C26H20N4O2/c31-26-23(16-19-9-5-2-6-10-19)28-25-22(15-18-7-3-1-4-8-18)27-24(17-30(25)26)20-11-13-21(29-32)14-12-20/h1-14,17,31H,15-16H2. The fourth-order valence-corrected chi connectivity index (χ4v) is 3.79. The van der Waals surface area contributed by atoms with E-state index < -0.39 is 0 Å². The Balaban J connectivity index is 1.64. The van der Waals surface area contributed by atoms with Gasteiger partial charge in [-0.05, 0) is 28.4 Å². The average molecular weight is 420 g/mol. The maximum atomic E-state index is 11.0. The third kappa shape index (κ3) is 3.86. The molecule has 0 radical (unpaired) electrons. The van der Waals surface area contributed by atoms with Gasteiger partial charge >= 0.3 is 0 Å². The maximum Gasteiger partial charge on any atom is 0.219 e. The summed E-state index contributed by atoms with van der Waals surface area (Å²) in [4.78, 5) is 20.4. The number of imidazole rings is 1. The number of fused-ring (bicyclic) bond motifs is 1. The van der Waals surface area contributed by atoms with Crippen molar-refractivity contribution < 1.29 is 5.11 Å². The van der Waals surface area contributed by atoms with Crippen molar-refractivity contribution in [2.24, 2.45) is 5.18 Å². The summed E-state index contributed by atoms with van der Waals surface area (Å²) >= 11 is 0. The quantitative estimate of drug-likeness (QED) is 0.358. The first-order valence-corrected chi connectivity index (χ1v) is 10.3. The largest absolute Gasteiger partial charge is 0.493 e. The molecule has 2 heterocycles. The molecule has 0 aliphatic carbocycles. The first kappa shape index (κ1) is 19.6. The Morgan fingerprint density at radius 1 is 0.750 bits per heavy atom. The normalized spacial score (nSPS) is 11.0. The monoisotopic (exact) mass is 420 g/mol. The SMILES string of the molecule is O=Nc1ccc(-c2cn3c(O)c(Cc4ccccc4)nc3c(Cc3ccccc3)n2)cc1. The molecule has 0 unspecified atom stereocenters. The number of nitrogens with zero attached hydrogens (tertiary/aromatic N) is 4. The fourth-order valence-electron chi connectivity index (χ4n) is 3.79. The number of aromatic hydroxyl groups is 1. The van der Waals surface area contributed by atoms with Crippen LogP contribution in [0.15, 0.2) is 96.3 Å². The Labute approximate surface area is 184 Å². The molecule has 6 nitrogen and oxygen atoms in total. The molecule has 1 N–H and O–H groups in total. The number of benzene rings is 3. The lowest BCUT2D eigenvalue weighted by Crippen LogP contribution is -2.00. The number of aromatic nitrogens is 3. The molecule has 2 aromatic heterocycles. The van der Waals surface area contributed by atoms with Gasteiger partial charge in [-0.2, -0.15) is 0 Å². The summed E-state index contributed by atoms with van der Waals surface area (Å²) in [5, 5.41) is 14.0. The van der Waals surface area contributed by atoms with Crippen LogP contribution in [0.3, 0.4) is 0 Å². The summed E-state index contributed by atoms with van der Waals surface area (Å²) in [6.45, 7) is 0. The van der Waals surface area contributed by atoms with Crippen LogP contribution in [0.5, 0.6) is 5.88 Å². The van der Waals surface area contributed by atoms with Crippen LogP contribution in [0.4, 0.5) is 5.69 Å². The molecular weight excluding hydrogens is 400 g/mol. The second-order valence-corrected chi connectivity index (χ2v) is 7.61. The van der Waals surface area contributed by atoms with E-state index in [4.69, 9.17) is 9.97 Å². The molecule has 0 bridgehead atoms. The molecule has 5 rings (SSSR count). The Bertz CT molecular complexity index is 1380. The molecule has 6 heteroatoms. The van der Waals surface area contributed by atoms with Crippen LogP contribution in [-0.4, -0.2) is 19.5 Å². The zero-order chi connectivity index (χ0) is 21.9. The highest BCUT2D eigenvalue weighted by atomic mass is 16.3. The lowest BCUT2D eigenvalue weighted by Gasteiger charge is -2.08. The topological polar surface area (TPSA) is 79.9 Å².